The van der Waals surface area contributed by atoms with Gasteiger partial charge in [-0.2, -0.15) is 0 Å². The molecule has 0 unspecified atom stereocenters. The van der Waals surface area contributed by atoms with Crippen molar-refractivity contribution in [1.29, 1.82) is 0 Å². The van der Waals surface area contributed by atoms with Crippen molar-refractivity contribution < 1.29 is 9.59 Å². The number of fused-ring (bicyclic) bond motifs is 2. The van der Waals surface area contributed by atoms with Crippen LogP contribution in [-0.2, 0) is 40.0 Å². The minimum atomic E-state index is 0.0225. The summed E-state index contributed by atoms with van der Waals surface area (Å²) < 4.78 is 3.87. The van der Waals surface area contributed by atoms with Crippen LogP contribution in [0.2, 0.25) is 0 Å². The maximum Gasteiger partial charge on any atom is 0.260 e. The molecule has 2 amide bonds. The summed E-state index contributed by atoms with van der Waals surface area (Å²) in [6, 6.07) is 19.8. The third-order valence-electron chi connectivity index (χ3n) is 10.2. The molecule has 2 aliphatic heterocycles. The van der Waals surface area contributed by atoms with E-state index in [1.54, 1.807) is 34.8 Å². The summed E-state index contributed by atoms with van der Waals surface area (Å²) in [5, 5.41) is 16.2. The number of pyridine rings is 2. The van der Waals surface area contributed by atoms with Crippen LogP contribution >= 0.6 is 0 Å². The van der Waals surface area contributed by atoms with Crippen molar-refractivity contribution in [1.82, 2.24) is 39.5 Å². The van der Waals surface area contributed by atoms with Gasteiger partial charge >= 0.3 is 0 Å². The van der Waals surface area contributed by atoms with Crippen LogP contribution in [0.25, 0.3) is 0 Å². The summed E-state index contributed by atoms with van der Waals surface area (Å²) in [6.45, 7) is 9.55. The molecule has 2 atom stereocenters. The lowest BCUT2D eigenvalue weighted by Gasteiger charge is -2.17. The van der Waals surface area contributed by atoms with E-state index in [2.05, 4.69) is 44.2 Å². The number of hydrogen-bond donors (Lipinski definition) is 0. The standard InChI is InChI=1S/2C20H21N5O/c2*1-13-5-4-6-16-17(13)11-25(20(16)26)18-10-15(7-8-21-18)14(2)9-19-23-22-12-24(19)3/h2*4-8,10,12,14H,9,11H2,1-3H3/t2*14-/m10/s1. The summed E-state index contributed by atoms with van der Waals surface area (Å²) >= 11 is 0. The second-order valence-corrected chi connectivity index (χ2v) is 13.8. The van der Waals surface area contributed by atoms with Gasteiger partial charge in [-0.3, -0.25) is 19.4 Å². The summed E-state index contributed by atoms with van der Waals surface area (Å²) in [4.78, 5) is 38.0. The number of carbonyl (C=O) groups is 2. The molecule has 12 nitrogen and oxygen atoms in total. The molecule has 52 heavy (non-hydrogen) atoms. The highest BCUT2D eigenvalue weighted by atomic mass is 16.2. The van der Waals surface area contributed by atoms with E-state index < -0.39 is 0 Å². The first-order valence-corrected chi connectivity index (χ1v) is 17.5. The molecule has 0 saturated heterocycles. The summed E-state index contributed by atoms with van der Waals surface area (Å²) in [7, 11) is 3.89. The lowest BCUT2D eigenvalue weighted by Crippen LogP contribution is -2.24. The molecule has 0 fully saturated rings. The minimum absolute atomic E-state index is 0.0225. The molecule has 12 heteroatoms. The molecule has 0 saturated carbocycles. The van der Waals surface area contributed by atoms with Crippen LogP contribution in [0.4, 0.5) is 11.6 Å². The Labute approximate surface area is 303 Å². The zero-order valence-electron chi connectivity index (χ0n) is 30.4. The first-order chi connectivity index (χ1) is 25.1. The number of carbonyl (C=O) groups excluding carboxylic acids is 2. The van der Waals surface area contributed by atoms with Crippen molar-refractivity contribution in [2.24, 2.45) is 14.1 Å². The molecule has 0 aliphatic carbocycles. The van der Waals surface area contributed by atoms with Gasteiger partial charge in [-0.1, -0.05) is 38.1 Å². The van der Waals surface area contributed by atoms with E-state index in [4.69, 9.17) is 0 Å². The fourth-order valence-corrected chi connectivity index (χ4v) is 6.89. The van der Waals surface area contributed by atoms with Crippen LogP contribution in [0.15, 0.2) is 85.7 Å². The molecule has 2 aliphatic rings. The van der Waals surface area contributed by atoms with E-state index >= 15 is 0 Å². The third-order valence-corrected chi connectivity index (χ3v) is 10.2. The van der Waals surface area contributed by atoms with E-state index in [1.165, 1.54) is 0 Å². The molecule has 2 aromatic carbocycles. The van der Waals surface area contributed by atoms with Gasteiger partial charge < -0.3 is 9.13 Å². The molecule has 4 aromatic heterocycles. The monoisotopic (exact) mass is 694 g/mol. The summed E-state index contributed by atoms with van der Waals surface area (Å²) in [5.41, 5.74) is 8.31. The van der Waals surface area contributed by atoms with Gasteiger partial charge in [-0.05, 0) is 95.5 Å². The van der Waals surface area contributed by atoms with Crippen LogP contribution in [0.3, 0.4) is 0 Å². The number of hydrogen-bond acceptors (Lipinski definition) is 8. The highest BCUT2D eigenvalue weighted by Crippen LogP contribution is 2.32. The van der Waals surface area contributed by atoms with Crippen molar-refractivity contribution in [3.8, 4) is 0 Å². The van der Waals surface area contributed by atoms with E-state index in [-0.39, 0.29) is 23.7 Å². The highest BCUT2D eigenvalue weighted by molar-refractivity contribution is 6.10. The lowest BCUT2D eigenvalue weighted by atomic mass is 9.98. The van der Waals surface area contributed by atoms with Crippen molar-refractivity contribution in [2.75, 3.05) is 9.80 Å². The number of benzene rings is 2. The Morgan fingerprint density at radius 1 is 0.635 bits per heavy atom. The Hall–Kier alpha value is -6.04. The summed E-state index contributed by atoms with van der Waals surface area (Å²) in [5.74, 6) is 3.83. The minimum Gasteiger partial charge on any atom is -0.321 e. The van der Waals surface area contributed by atoms with Crippen LogP contribution in [0.1, 0.15) is 91.4 Å². The van der Waals surface area contributed by atoms with E-state index in [9.17, 15) is 9.59 Å². The molecule has 0 bridgehead atoms. The Kier molecular flexibility index (Phi) is 9.46. The molecule has 8 rings (SSSR count). The molecule has 6 aromatic rings. The predicted octanol–water partition coefficient (Wildman–Crippen LogP) is 6.05. The Morgan fingerprint density at radius 2 is 1.06 bits per heavy atom. The maximum absolute atomic E-state index is 12.8. The molecule has 0 radical (unpaired) electrons. The molecule has 0 spiro atoms. The first-order valence-electron chi connectivity index (χ1n) is 17.5. The smallest absolute Gasteiger partial charge is 0.260 e. The average Bonchev–Trinajstić information content (AvgIpc) is 3.92. The second-order valence-electron chi connectivity index (χ2n) is 13.8. The maximum atomic E-state index is 12.8. The lowest BCUT2D eigenvalue weighted by molar-refractivity contribution is 0.0988. The van der Waals surface area contributed by atoms with Crippen molar-refractivity contribution in [2.45, 2.75) is 65.5 Å². The van der Waals surface area contributed by atoms with Gasteiger partial charge in [0.1, 0.15) is 35.9 Å². The first kappa shape index (κ1) is 34.4. The van der Waals surface area contributed by atoms with Gasteiger partial charge in [0.2, 0.25) is 0 Å². The normalized spacial score (nSPS) is 14.6. The van der Waals surface area contributed by atoms with Crippen molar-refractivity contribution in [3.63, 3.8) is 0 Å². The number of rotatable bonds is 8. The SMILES string of the molecule is Cc1cccc2c1CN(c1cc([C@@H](C)Cc3nncn3C)ccn1)C2=O.Cc1cccc2c1CN(c1cc([C@H](C)Cc3nncn3C)ccn1)C2=O. The van der Waals surface area contributed by atoms with E-state index in [1.807, 2.05) is 97.7 Å². The Balaban J connectivity index is 0.000000162. The molecule has 6 heterocycles. The summed E-state index contributed by atoms with van der Waals surface area (Å²) in [6.07, 6.45) is 8.55. The average molecular weight is 695 g/mol. The third kappa shape index (κ3) is 6.71. The van der Waals surface area contributed by atoms with Crippen molar-refractivity contribution >= 4 is 23.5 Å². The van der Waals surface area contributed by atoms with Gasteiger partial charge in [0, 0.05) is 50.5 Å². The fourth-order valence-electron chi connectivity index (χ4n) is 6.89. The molecule has 0 N–H and O–H groups in total. The largest absolute Gasteiger partial charge is 0.321 e. The van der Waals surface area contributed by atoms with Crippen LogP contribution in [-0.4, -0.2) is 51.3 Å². The fraction of sp³-hybridized carbons (Fsp3) is 0.300. The van der Waals surface area contributed by atoms with Gasteiger partial charge in [0.15, 0.2) is 0 Å². The van der Waals surface area contributed by atoms with E-state index in [0.29, 0.717) is 24.7 Å². The van der Waals surface area contributed by atoms with Crippen molar-refractivity contribution in [3.05, 3.63) is 142 Å². The van der Waals surface area contributed by atoms with Crippen LogP contribution in [0.5, 0.6) is 0 Å². The number of aromatic nitrogens is 8. The predicted molar refractivity (Wildman–Crippen MR) is 198 cm³/mol. The van der Waals surface area contributed by atoms with E-state index in [0.717, 1.165) is 69.0 Å². The Morgan fingerprint density at radius 3 is 1.42 bits per heavy atom. The number of amides is 2. The zero-order valence-corrected chi connectivity index (χ0v) is 30.4. The quantitative estimate of drug-likeness (QED) is 0.189. The number of nitrogens with zero attached hydrogens (tertiary/aromatic N) is 10. The van der Waals surface area contributed by atoms with Gasteiger partial charge in [-0.15, -0.1) is 20.4 Å². The number of aryl methyl sites for hydroxylation is 4. The Bertz CT molecular complexity index is 2110. The van der Waals surface area contributed by atoms with Gasteiger partial charge in [0.05, 0.1) is 13.1 Å². The molecular weight excluding hydrogens is 653 g/mol. The van der Waals surface area contributed by atoms with Gasteiger partial charge in [0.25, 0.3) is 11.8 Å². The highest BCUT2D eigenvalue weighted by Gasteiger charge is 2.32. The molecule has 264 valence electrons. The number of anilines is 2. The van der Waals surface area contributed by atoms with Gasteiger partial charge in [-0.25, -0.2) is 9.97 Å². The topological polar surface area (TPSA) is 128 Å². The molecular formula is C40H42N10O2. The second kappa shape index (κ2) is 14.3. The van der Waals surface area contributed by atoms with Crippen LogP contribution < -0.4 is 9.80 Å². The zero-order chi connectivity index (χ0) is 36.5. The van der Waals surface area contributed by atoms with Crippen LogP contribution in [0, 0.1) is 13.8 Å².